The van der Waals surface area contributed by atoms with Crippen LogP contribution < -0.4 is 14.9 Å². The fourth-order valence-corrected chi connectivity index (χ4v) is 4.87. The molecule has 3 aromatic carbocycles. The van der Waals surface area contributed by atoms with Crippen molar-refractivity contribution in [2.75, 3.05) is 13.7 Å². The van der Waals surface area contributed by atoms with Crippen molar-refractivity contribution in [1.82, 2.24) is 4.90 Å². The van der Waals surface area contributed by atoms with Crippen LogP contribution in [0.5, 0.6) is 11.5 Å². The van der Waals surface area contributed by atoms with Crippen molar-refractivity contribution in [2.45, 2.75) is 26.4 Å². The highest BCUT2D eigenvalue weighted by molar-refractivity contribution is 9.10. The van der Waals surface area contributed by atoms with Crippen LogP contribution >= 0.6 is 15.9 Å². The van der Waals surface area contributed by atoms with Crippen molar-refractivity contribution in [3.05, 3.63) is 104 Å². The lowest BCUT2D eigenvalue weighted by molar-refractivity contribution is 0.0714. The third-order valence-corrected chi connectivity index (χ3v) is 6.69. The van der Waals surface area contributed by atoms with E-state index in [1.54, 1.807) is 30.2 Å². The highest BCUT2D eigenvalue weighted by atomic mass is 79.9. The zero-order valence-corrected chi connectivity index (χ0v) is 21.9. The van der Waals surface area contributed by atoms with Gasteiger partial charge in [0.15, 0.2) is 16.9 Å². The number of amides is 1. The molecule has 0 saturated carbocycles. The van der Waals surface area contributed by atoms with Crippen LogP contribution in [0, 0.1) is 5.92 Å². The highest BCUT2D eigenvalue weighted by Crippen LogP contribution is 2.42. The van der Waals surface area contributed by atoms with Gasteiger partial charge in [0.25, 0.3) is 5.91 Å². The zero-order valence-electron chi connectivity index (χ0n) is 20.3. The molecule has 1 atom stereocenters. The molecule has 7 heteroatoms. The predicted octanol–water partition coefficient (Wildman–Crippen LogP) is 6.34. The first-order valence-corrected chi connectivity index (χ1v) is 12.6. The zero-order chi connectivity index (χ0) is 25.4. The van der Waals surface area contributed by atoms with Gasteiger partial charge in [-0.25, -0.2) is 0 Å². The number of halogens is 1. The lowest BCUT2D eigenvalue weighted by atomic mass is 9.97. The Morgan fingerprint density at radius 1 is 1.00 bits per heavy atom. The largest absolute Gasteiger partial charge is 0.493 e. The summed E-state index contributed by atoms with van der Waals surface area (Å²) in [6.07, 6.45) is 0. The molecule has 0 spiro atoms. The molecular weight excluding hydrogens is 522 g/mol. The minimum atomic E-state index is -0.639. The minimum Gasteiger partial charge on any atom is -0.493 e. The number of carbonyl (C=O) groups excluding carboxylic acids is 1. The first-order chi connectivity index (χ1) is 17.4. The SMILES string of the molecule is COc1cc(C2c3c(oc4ccc(Br)cc4c3=O)C(=O)N2Cc2ccccc2)ccc1OCC(C)C. The Balaban J connectivity index is 1.67. The van der Waals surface area contributed by atoms with Crippen molar-refractivity contribution in [3.63, 3.8) is 0 Å². The lowest BCUT2D eigenvalue weighted by Gasteiger charge is -2.26. The van der Waals surface area contributed by atoms with Crippen LogP contribution in [0.25, 0.3) is 11.0 Å². The number of carbonyl (C=O) groups is 1. The molecule has 1 aliphatic rings. The Morgan fingerprint density at radius 2 is 1.78 bits per heavy atom. The molecule has 1 unspecified atom stereocenters. The van der Waals surface area contributed by atoms with Gasteiger partial charge in [0.1, 0.15) is 5.58 Å². The van der Waals surface area contributed by atoms with E-state index in [1.807, 2.05) is 48.5 Å². The Labute approximate surface area is 217 Å². The second-order valence-electron chi connectivity index (χ2n) is 9.25. The third kappa shape index (κ3) is 4.39. The number of rotatable bonds is 7. The molecule has 184 valence electrons. The molecule has 1 amide bonds. The van der Waals surface area contributed by atoms with Gasteiger partial charge in [-0.2, -0.15) is 0 Å². The number of methoxy groups -OCH3 is 1. The van der Waals surface area contributed by atoms with E-state index >= 15 is 0 Å². The molecule has 0 aliphatic carbocycles. The first-order valence-electron chi connectivity index (χ1n) is 11.8. The van der Waals surface area contributed by atoms with Crippen LogP contribution in [0.1, 0.15) is 47.1 Å². The number of nitrogens with zero attached hydrogens (tertiary/aromatic N) is 1. The maximum atomic E-state index is 13.8. The smallest absolute Gasteiger partial charge is 0.291 e. The van der Waals surface area contributed by atoms with Gasteiger partial charge in [-0.15, -0.1) is 0 Å². The van der Waals surface area contributed by atoms with Gasteiger partial charge >= 0.3 is 0 Å². The number of hydrogen-bond acceptors (Lipinski definition) is 5. The number of benzene rings is 3. The highest BCUT2D eigenvalue weighted by Gasteiger charge is 2.43. The van der Waals surface area contributed by atoms with E-state index in [0.717, 1.165) is 15.6 Å². The summed E-state index contributed by atoms with van der Waals surface area (Å²) in [6, 6.07) is 19.8. The van der Waals surface area contributed by atoms with Crippen molar-refractivity contribution in [3.8, 4) is 11.5 Å². The minimum absolute atomic E-state index is 0.0786. The Morgan fingerprint density at radius 3 is 2.50 bits per heavy atom. The number of fused-ring (bicyclic) bond motifs is 2. The standard InChI is InChI=1S/C29H26BrNO5/c1-17(2)16-35-23-11-9-19(13-24(23)34-3)26-25-27(32)21-14-20(30)10-12-22(21)36-28(25)29(33)31(26)15-18-7-5-4-6-8-18/h4-14,17,26H,15-16H2,1-3H3. The van der Waals surface area contributed by atoms with E-state index in [9.17, 15) is 9.59 Å². The van der Waals surface area contributed by atoms with Crippen molar-refractivity contribution < 1.29 is 18.7 Å². The number of hydrogen-bond donors (Lipinski definition) is 0. The van der Waals surface area contributed by atoms with E-state index in [4.69, 9.17) is 13.9 Å². The Hall–Kier alpha value is -3.58. The van der Waals surface area contributed by atoms with Crippen molar-refractivity contribution in [2.24, 2.45) is 5.92 Å². The molecule has 0 N–H and O–H groups in total. The molecular formula is C29H26BrNO5. The summed E-state index contributed by atoms with van der Waals surface area (Å²) in [5.74, 6) is 1.27. The fourth-order valence-electron chi connectivity index (χ4n) is 4.51. The fraction of sp³-hybridized carbons (Fsp3) is 0.241. The quantitative estimate of drug-likeness (QED) is 0.270. The monoisotopic (exact) mass is 547 g/mol. The maximum Gasteiger partial charge on any atom is 0.291 e. The van der Waals surface area contributed by atoms with Gasteiger partial charge in [0, 0.05) is 11.0 Å². The van der Waals surface area contributed by atoms with Gasteiger partial charge in [0.2, 0.25) is 5.76 Å². The predicted molar refractivity (Wildman–Crippen MR) is 142 cm³/mol. The van der Waals surface area contributed by atoms with Gasteiger partial charge in [-0.1, -0.05) is 66.2 Å². The van der Waals surface area contributed by atoms with E-state index in [1.165, 1.54) is 0 Å². The summed E-state index contributed by atoms with van der Waals surface area (Å²) in [5, 5.41) is 0.423. The molecule has 1 aliphatic heterocycles. The van der Waals surface area contributed by atoms with Gasteiger partial charge in [-0.05, 0) is 47.4 Å². The summed E-state index contributed by atoms with van der Waals surface area (Å²) in [5.41, 5.74) is 2.19. The molecule has 36 heavy (non-hydrogen) atoms. The molecule has 2 heterocycles. The first kappa shape index (κ1) is 24.1. The van der Waals surface area contributed by atoms with Crippen molar-refractivity contribution >= 4 is 32.8 Å². The second kappa shape index (κ2) is 9.82. The summed E-state index contributed by atoms with van der Waals surface area (Å²) < 4.78 is 18.4. The van der Waals surface area contributed by atoms with E-state index in [2.05, 4.69) is 29.8 Å². The molecule has 5 rings (SSSR count). The molecule has 4 aromatic rings. The maximum absolute atomic E-state index is 13.8. The topological polar surface area (TPSA) is 69.0 Å². The summed E-state index contributed by atoms with van der Waals surface area (Å²) in [4.78, 5) is 29.1. The second-order valence-corrected chi connectivity index (χ2v) is 10.2. The molecule has 0 saturated heterocycles. The Kier molecular flexibility index (Phi) is 6.58. The van der Waals surface area contributed by atoms with E-state index in [-0.39, 0.29) is 17.1 Å². The van der Waals surface area contributed by atoms with Gasteiger partial charge in [-0.3, -0.25) is 9.59 Å². The van der Waals surface area contributed by atoms with Gasteiger partial charge in [0.05, 0.1) is 30.7 Å². The molecule has 1 aromatic heterocycles. The van der Waals surface area contributed by atoms with Crippen LogP contribution in [0.15, 0.2) is 80.4 Å². The van der Waals surface area contributed by atoms with Crippen LogP contribution in [0.2, 0.25) is 0 Å². The van der Waals surface area contributed by atoms with Gasteiger partial charge < -0.3 is 18.8 Å². The van der Waals surface area contributed by atoms with Crippen LogP contribution in [-0.2, 0) is 6.54 Å². The summed E-state index contributed by atoms with van der Waals surface area (Å²) >= 11 is 3.44. The molecule has 6 nitrogen and oxygen atoms in total. The average molecular weight is 548 g/mol. The average Bonchev–Trinajstić information content (AvgIpc) is 3.15. The van der Waals surface area contributed by atoms with E-state index < -0.39 is 6.04 Å². The summed E-state index contributed by atoms with van der Waals surface area (Å²) in [7, 11) is 1.58. The molecule has 0 radical (unpaired) electrons. The van der Waals surface area contributed by atoms with Crippen LogP contribution in [0.3, 0.4) is 0 Å². The number of ether oxygens (including phenoxy) is 2. The van der Waals surface area contributed by atoms with Crippen LogP contribution in [0.4, 0.5) is 0 Å². The summed E-state index contributed by atoms with van der Waals surface area (Å²) in [6.45, 7) is 5.02. The van der Waals surface area contributed by atoms with Crippen molar-refractivity contribution in [1.29, 1.82) is 0 Å². The normalized spacial score (nSPS) is 15.0. The lowest BCUT2D eigenvalue weighted by Crippen LogP contribution is -2.29. The van der Waals surface area contributed by atoms with Crippen LogP contribution in [-0.4, -0.2) is 24.5 Å². The molecule has 0 fully saturated rings. The molecule has 0 bridgehead atoms. The van der Waals surface area contributed by atoms with E-state index in [0.29, 0.717) is 47.1 Å². The third-order valence-electron chi connectivity index (χ3n) is 6.20. The Bertz CT molecular complexity index is 1500.